The zero-order chi connectivity index (χ0) is 20.1. The van der Waals surface area contributed by atoms with Crippen LogP contribution >= 0.6 is 11.3 Å². The van der Waals surface area contributed by atoms with E-state index >= 15 is 0 Å². The van der Waals surface area contributed by atoms with Crippen molar-refractivity contribution in [2.45, 2.75) is 0 Å². The topological polar surface area (TPSA) is 141 Å². The van der Waals surface area contributed by atoms with Gasteiger partial charge in [-0.25, -0.2) is 9.78 Å². The van der Waals surface area contributed by atoms with Crippen LogP contribution in [-0.4, -0.2) is 40.1 Å². The van der Waals surface area contributed by atoms with E-state index in [-0.39, 0.29) is 22.3 Å². The van der Waals surface area contributed by atoms with Gasteiger partial charge in [-0.3, -0.25) is 20.2 Å². The Hall–Kier alpha value is -3.73. The zero-order valence-corrected chi connectivity index (χ0v) is 15.0. The van der Waals surface area contributed by atoms with Gasteiger partial charge >= 0.3 is 5.97 Å². The molecule has 0 aliphatic carbocycles. The summed E-state index contributed by atoms with van der Waals surface area (Å²) in [5.74, 6) is -1.42. The van der Waals surface area contributed by atoms with Crippen LogP contribution in [0.15, 0.2) is 42.5 Å². The third kappa shape index (κ3) is 4.71. The van der Waals surface area contributed by atoms with Crippen LogP contribution in [0, 0.1) is 10.1 Å². The Bertz CT molecular complexity index is 1050. The number of hydrogen-bond donors (Lipinski definition) is 2. The van der Waals surface area contributed by atoms with E-state index in [1.165, 1.54) is 30.3 Å². The number of phenolic OH excluding ortho intramolecular Hbond substituents is 1. The molecular weight excluding hydrogens is 390 g/mol. The van der Waals surface area contributed by atoms with Gasteiger partial charge < -0.3 is 14.6 Å². The van der Waals surface area contributed by atoms with Crippen molar-refractivity contribution < 1.29 is 29.1 Å². The molecule has 0 saturated carbocycles. The monoisotopic (exact) mass is 403 g/mol. The van der Waals surface area contributed by atoms with Crippen molar-refractivity contribution >= 4 is 44.2 Å². The fourth-order valence-corrected chi connectivity index (χ4v) is 3.05. The van der Waals surface area contributed by atoms with Crippen molar-refractivity contribution in [3.05, 3.63) is 52.6 Å². The molecule has 28 heavy (non-hydrogen) atoms. The van der Waals surface area contributed by atoms with Crippen molar-refractivity contribution in [2.75, 3.05) is 18.5 Å². The predicted molar refractivity (Wildman–Crippen MR) is 99.5 cm³/mol. The molecule has 0 radical (unpaired) electrons. The number of benzene rings is 2. The number of nitro benzene ring substituents is 1. The SMILES string of the molecule is O=C(COC(=O)COc1ccccc1O)Nc1nc2ccc([N+](=O)[O-])cc2s1. The molecule has 0 unspecified atom stereocenters. The molecular formula is C17H13N3O7S. The zero-order valence-electron chi connectivity index (χ0n) is 14.2. The summed E-state index contributed by atoms with van der Waals surface area (Å²) in [4.78, 5) is 37.9. The first-order chi connectivity index (χ1) is 13.4. The maximum atomic E-state index is 11.9. The molecule has 2 N–H and O–H groups in total. The number of aromatic nitrogens is 1. The highest BCUT2D eigenvalue weighted by Gasteiger charge is 2.14. The standard InChI is InChI=1S/C17H13N3O7S/c21-12-3-1-2-4-13(12)26-9-16(23)27-8-15(22)19-17-18-11-6-5-10(20(24)25)7-14(11)28-17/h1-7,21H,8-9H2,(H,18,19,22). The lowest BCUT2D eigenvalue weighted by Crippen LogP contribution is -2.23. The number of nitrogens with zero attached hydrogens (tertiary/aromatic N) is 2. The Morgan fingerprint density at radius 1 is 1.21 bits per heavy atom. The third-order valence-corrected chi connectivity index (χ3v) is 4.34. The molecule has 144 valence electrons. The van der Waals surface area contributed by atoms with E-state index in [1.807, 2.05) is 0 Å². The first kappa shape index (κ1) is 19.0. The first-order valence-electron chi connectivity index (χ1n) is 7.83. The molecule has 1 amide bonds. The number of fused-ring (bicyclic) bond motifs is 1. The normalized spacial score (nSPS) is 10.4. The van der Waals surface area contributed by atoms with E-state index in [0.29, 0.717) is 10.2 Å². The highest BCUT2D eigenvalue weighted by atomic mass is 32.1. The molecule has 1 heterocycles. The average Bonchev–Trinajstić information content (AvgIpc) is 3.07. The molecule has 0 spiro atoms. The van der Waals surface area contributed by atoms with Crippen LogP contribution in [0.3, 0.4) is 0 Å². The van der Waals surface area contributed by atoms with E-state index in [1.54, 1.807) is 12.1 Å². The van der Waals surface area contributed by atoms with Crippen LogP contribution in [0.25, 0.3) is 10.2 Å². The number of ether oxygens (including phenoxy) is 2. The number of anilines is 1. The molecule has 1 aromatic heterocycles. The molecule has 11 heteroatoms. The van der Waals surface area contributed by atoms with Gasteiger partial charge in [0.15, 0.2) is 29.8 Å². The number of carbonyl (C=O) groups is 2. The largest absolute Gasteiger partial charge is 0.504 e. The van der Waals surface area contributed by atoms with Crippen molar-refractivity contribution in [1.29, 1.82) is 0 Å². The van der Waals surface area contributed by atoms with Crippen molar-refractivity contribution in [2.24, 2.45) is 0 Å². The molecule has 10 nitrogen and oxygen atoms in total. The second-order valence-corrected chi connectivity index (χ2v) is 6.42. The second-order valence-electron chi connectivity index (χ2n) is 5.39. The molecule has 0 atom stereocenters. The Kier molecular flexibility index (Phi) is 5.65. The summed E-state index contributed by atoms with van der Waals surface area (Å²) >= 11 is 1.06. The summed E-state index contributed by atoms with van der Waals surface area (Å²) in [5.41, 5.74) is 0.423. The third-order valence-electron chi connectivity index (χ3n) is 3.40. The van der Waals surface area contributed by atoms with E-state index in [9.17, 15) is 24.8 Å². The minimum Gasteiger partial charge on any atom is -0.504 e. The molecule has 0 fully saturated rings. The van der Waals surface area contributed by atoms with Crippen molar-refractivity contribution in [3.8, 4) is 11.5 Å². The van der Waals surface area contributed by atoms with Crippen LogP contribution in [-0.2, 0) is 14.3 Å². The Balaban J connectivity index is 1.50. The maximum absolute atomic E-state index is 11.9. The maximum Gasteiger partial charge on any atom is 0.344 e. The minimum atomic E-state index is -0.793. The van der Waals surface area contributed by atoms with E-state index in [2.05, 4.69) is 10.3 Å². The molecule has 0 aliphatic heterocycles. The Labute approximate surface area is 161 Å². The average molecular weight is 403 g/mol. The van der Waals surface area contributed by atoms with Crippen molar-refractivity contribution in [1.82, 2.24) is 4.98 Å². The summed E-state index contributed by atoms with van der Waals surface area (Å²) in [6, 6.07) is 10.3. The van der Waals surface area contributed by atoms with Gasteiger partial charge in [0.05, 0.1) is 15.1 Å². The lowest BCUT2D eigenvalue weighted by molar-refractivity contribution is -0.384. The number of thiazole rings is 1. The highest BCUT2D eigenvalue weighted by Crippen LogP contribution is 2.29. The predicted octanol–water partition coefficient (Wildman–Crippen LogP) is 2.47. The van der Waals surface area contributed by atoms with E-state index in [4.69, 9.17) is 9.47 Å². The number of rotatable bonds is 7. The minimum absolute atomic E-state index is 0.0765. The molecule has 3 aromatic rings. The van der Waals surface area contributed by atoms with Gasteiger partial charge in [-0.05, 0) is 18.2 Å². The van der Waals surface area contributed by atoms with Crippen LogP contribution in [0.2, 0.25) is 0 Å². The van der Waals surface area contributed by atoms with Crippen LogP contribution in [0.4, 0.5) is 10.8 Å². The van der Waals surface area contributed by atoms with Crippen molar-refractivity contribution in [3.63, 3.8) is 0 Å². The van der Waals surface area contributed by atoms with E-state index in [0.717, 1.165) is 11.3 Å². The van der Waals surface area contributed by atoms with Gasteiger partial charge in [0, 0.05) is 12.1 Å². The molecule has 0 saturated heterocycles. The van der Waals surface area contributed by atoms with Crippen LogP contribution in [0.5, 0.6) is 11.5 Å². The number of para-hydroxylation sites is 2. The Morgan fingerprint density at radius 3 is 2.75 bits per heavy atom. The van der Waals surface area contributed by atoms with Gasteiger partial charge in [0.2, 0.25) is 0 Å². The lowest BCUT2D eigenvalue weighted by Gasteiger charge is -2.07. The summed E-state index contributed by atoms with van der Waals surface area (Å²) in [6.45, 7) is -1.03. The number of esters is 1. The fraction of sp³-hybridized carbons (Fsp3) is 0.118. The summed E-state index contributed by atoms with van der Waals surface area (Å²) in [7, 11) is 0. The fourth-order valence-electron chi connectivity index (χ4n) is 2.14. The molecule has 2 aromatic carbocycles. The van der Waals surface area contributed by atoms with E-state index < -0.39 is 30.0 Å². The summed E-state index contributed by atoms with van der Waals surface area (Å²) in [6.07, 6.45) is 0. The molecule has 0 bridgehead atoms. The van der Waals surface area contributed by atoms with Gasteiger partial charge in [0.25, 0.3) is 11.6 Å². The Morgan fingerprint density at radius 2 is 2.00 bits per heavy atom. The number of aromatic hydroxyl groups is 1. The number of amides is 1. The number of nitro groups is 1. The van der Waals surface area contributed by atoms with Crippen LogP contribution < -0.4 is 10.1 Å². The van der Waals surface area contributed by atoms with Crippen LogP contribution in [0.1, 0.15) is 0 Å². The van der Waals surface area contributed by atoms with Gasteiger partial charge in [-0.15, -0.1) is 0 Å². The highest BCUT2D eigenvalue weighted by molar-refractivity contribution is 7.22. The number of nitrogens with one attached hydrogen (secondary N) is 1. The molecule has 3 rings (SSSR count). The summed E-state index contributed by atoms with van der Waals surface area (Å²) in [5, 5.41) is 23.0. The number of phenols is 1. The first-order valence-corrected chi connectivity index (χ1v) is 8.65. The van der Waals surface area contributed by atoms with Gasteiger partial charge in [-0.1, -0.05) is 23.5 Å². The number of non-ortho nitro benzene ring substituents is 1. The lowest BCUT2D eigenvalue weighted by atomic mass is 10.3. The smallest absolute Gasteiger partial charge is 0.344 e. The number of hydrogen-bond acceptors (Lipinski definition) is 9. The quantitative estimate of drug-likeness (QED) is 0.348. The number of carbonyl (C=O) groups excluding carboxylic acids is 2. The van der Waals surface area contributed by atoms with Gasteiger partial charge in [0.1, 0.15) is 0 Å². The van der Waals surface area contributed by atoms with Gasteiger partial charge in [-0.2, -0.15) is 0 Å². The summed E-state index contributed by atoms with van der Waals surface area (Å²) < 4.78 is 10.4. The molecule has 0 aliphatic rings. The second kappa shape index (κ2) is 8.31.